The van der Waals surface area contributed by atoms with E-state index < -0.39 is 6.10 Å². The van der Waals surface area contributed by atoms with Crippen molar-refractivity contribution >= 4 is 17.2 Å². The Morgan fingerprint density at radius 1 is 1.06 bits per heavy atom. The Kier molecular flexibility index (Phi) is 6.26. The number of benzene rings is 2. The lowest BCUT2D eigenvalue weighted by Crippen LogP contribution is -2.48. The van der Waals surface area contributed by atoms with Crippen LogP contribution >= 0.6 is 11.3 Å². The molecule has 0 spiro atoms. The number of rotatable bonds is 6. The topological polar surface area (TPSA) is 40.5 Å². The van der Waals surface area contributed by atoms with Crippen molar-refractivity contribution in [3.8, 4) is 11.1 Å². The van der Waals surface area contributed by atoms with E-state index in [1.54, 1.807) is 30.4 Å². The van der Waals surface area contributed by atoms with E-state index in [0.717, 1.165) is 23.1 Å². The Balaban J connectivity index is 1.50. The fourth-order valence-electron chi connectivity index (χ4n) is 4.76. The Bertz CT molecular complexity index is 1010. The van der Waals surface area contributed by atoms with Crippen LogP contribution in [0.3, 0.4) is 0 Å². The SMILES string of the molecule is CC(O)CC1(c2cccs2)CCN([C@@H](C)c2ccc(-c3ccc(F)cc3)cc2)C(=O)C1. The smallest absolute Gasteiger partial charge is 0.224 e. The Morgan fingerprint density at radius 2 is 1.71 bits per heavy atom. The molecular formula is C26H28FNO2S. The molecule has 5 heteroatoms. The molecule has 31 heavy (non-hydrogen) atoms. The van der Waals surface area contributed by atoms with Gasteiger partial charge in [-0.2, -0.15) is 0 Å². The molecule has 0 radical (unpaired) electrons. The van der Waals surface area contributed by atoms with Crippen LogP contribution in [0, 0.1) is 5.82 Å². The van der Waals surface area contributed by atoms with Crippen LogP contribution in [0.15, 0.2) is 66.0 Å². The lowest BCUT2D eigenvalue weighted by molar-refractivity contribution is -0.138. The summed E-state index contributed by atoms with van der Waals surface area (Å²) in [6, 6.07) is 18.7. The first-order valence-corrected chi connectivity index (χ1v) is 11.6. The van der Waals surface area contributed by atoms with Gasteiger partial charge >= 0.3 is 0 Å². The highest BCUT2D eigenvalue weighted by molar-refractivity contribution is 7.10. The van der Waals surface area contributed by atoms with E-state index in [1.807, 2.05) is 40.6 Å². The number of thiophene rings is 1. The van der Waals surface area contributed by atoms with Gasteiger partial charge in [0.15, 0.2) is 0 Å². The molecule has 2 unspecified atom stereocenters. The lowest BCUT2D eigenvalue weighted by atomic mass is 9.72. The standard InChI is InChI=1S/C26H28FNO2S/c1-18(29)16-26(24-4-3-15-31-24)13-14-28(25(30)17-26)19(2)20-5-7-21(8-6-20)22-9-11-23(27)12-10-22/h3-12,15,18-19,29H,13-14,16-17H2,1-2H3/t18?,19-,26?/m0/s1. The molecule has 2 aromatic carbocycles. The van der Waals surface area contributed by atoms with E-state index in [0.29, 0.717) is 19.4 Å². The van der Waals surface area contributed by atoms with Crippen LogP contribution in [0.4, 0.5) is 4.39 Å². The summed E-state index contributed by atoms with van der Waals surface area (Å²) >= 11 is 1.67. The van der Waals surface area contributed by atoms with Gasteiger partial charge in [0.2, 0.25) is 5.91 Å². The summed E-state index contributed by atoms with van der Waals surface area (Å²) in [5, 5.41) is 12.1. The van der Waals surface area contributed by atoms with Crippen molar-refractivity contribution in [2.45, 2.75) is 50.7 Å². The van der Waals surface area contributed by atoms with Crippen LogP contribution in [-0.2, 0) is 10.2 Å². The van der Waals surface area contributed by atoms with Gasteiger partial charge < -0.3 is 10.0 Å². The zero-order valence-corrected chi connectivity index (χ0v) is 18.7. The molecule has 162 valence electrons. The number of aliphatic hydroxyl groups excluding tert-OH is 1. The summed E-state index contributed by atoms with van der Waals surface area (Å²) in [6.07, 6.45) is 1.43. The average molecular weight is 438 g/mol. The van der Waals surface area contributed by atoms with E-state index in [4.69, 9.17) is 0 Å². The number of amides is 1. The Morgan fingerprint density at radius 3 is 2.26 bits per heavy atom. The van der Waals surface area contributed by atoms with Crippen LogP contribution in [0.25, 0.3) is 11.1 Å². The maximum atomic E-state index is 13.2. The quantitative estimate of drug-likeness (QED) is 0.518. The number of likely N-dealkylation sites (tertiary alicyclic amines) is 1. The van der Waals surface area contributed by atoms with Crippen LogP contribution in [0.1, 0.15) is 49.6 Å². The maximum absolute atomic E-state index is 13.2. The first-order chi connectivity index (χ1) is 14.9. The van der Waals surface area contributed by atoms with Crippen LogP contribution in [0.5, 0.6) is 0 Å². The Hall–Kier alpha value is -2.50. The van der Waals surface area contributed by atoms with Crippen molar-refractivity contribution < 1.29 is 14.3 Å². The fourth-order valence-corrected chi connectivity index (χ4v) is 5.72. The highest BCUT2D eigenvalue weighted by Gasteiger charge is 2.43. The maximum Gasteiger partial charge on any atom is 0.224 e. The van der Waals surface area contributed by atoms with Crippen LogP contribution in [-0.4, -0.2) is 28.6 Å². The lowest BCUT2D eigenvalue weighted by Gasteiger charge is -2.43. The molecule has 3 atom stereocenters. The van der Waals surface area contributed by atoms with Gasteiger partial charge in [0.25, 0.3) is 0 Å². The molecule has 3 aromatic rings. The third-order valence-corrected chi connectivity index (χ3v) is 7.53. The summed E-state index contributed by atoms with van der Waals surface area (Å²) in [4.78, 5) is 16.4. The minimum Gasteiger partial charge on any atom is -0.393 e. The molecule has 1 N–H and O–H groups in total. The molecule has 4 rings (SSSR count). The van der Waals surface area contributed by atoms with E-state index in [2.05, 4.69) is 13.0 Å². The van der Waals surface area contributed by atoms with Gasteiger partial charge in [0.05, 0.1) is 12.1 Å². The second-order valence-corrected chi connectivity index (χ2v) is 9.58. The minimum absolute atomic E-state index is 0.0253. The largest absolute Gasteiger partial charge is 0.393 e. The van der Waals surface area contributed by atoms with Gasteiger partial charge in [-0.05, 0) is 67.0 Å². The monoisotopic (exact) mass is 437 g/mol. The highest BCUT2D eigenvalue weighted by atomic mass is 32.1. The van der Waals surface area contributed by atoms with Crippen molar-refractivity contribution in [2.75, 3.05) is 6.54 Å². The normalized spacial score (nSPS) is 21.2. The predicted molar refractivity (Wildman–Crippen MR) is 123 cm³/mol. The Labute approximate surface area is 187 Å². The number of carbonyl (C=O) groups is 1. The minimum atomic E-state index is -0.446. The average Bonchev–Trinajstić information content (AvgIpc) is 3.29. The summed E-state index contributed by atoms with van der Waals surface area (Å²) < 4.78 is 13.2. The molecule has 0 saturated carbocycles. The van der Waals surface area contributed by atoms with Gasteiger partial charge in [-0.25, -0.2) is 4.39 Å². The zero-order chi connectivity index (χ0) is 22.0. The van der Waals surface area contributed by atoms with Crippen molar-refractivity contribution in [3.05, 3.63) is 82.3 Å². The van der Waals surface area contributed by atoms with E-state index in [-0.39, 0.29) is 23.2 Å². The van der Waals surface area contributed by atoms with E-state index >= 15 is 0 Å². The molecule has 1 saturated heterocycles. The third-order valence-electron chi connectivity index (χ3n) is 6.41. The van der Waals surface area contributed by atoms with Crippen LogP contribution < -0.4 is 0 Å². The molecule has 3 nitrogen and oxygen atoms in total. The number of hydrogen-bond acceptors (Lipinski definition) is 3. The summed E-state index contributed by atoms with van der Waals surface area (Å²) in [6.45, 7) is 4.54. The molecule has 1 aromatic heterocycles. The van der Waals surface area contributed by atoms with Crippen molar-refractivity contribution in [2.24, 2.45) is 0 Å². The van der Waals surface area contributed by atoms with Crippen molar-refractivity contribution in [1.29, 1.82) is 0 Å². The first kappa shape index (κ1) is 21.7. The van der Waals surface area contributed by atoms with Gasteiger partial charge in [0.1, 0.15) is 5.82 Å². The number of piperidine rings is 1. The molecule has 0 aliphatic carbocycles. The number of halogens is 1. The fraction of sp³-hybridized carbons (Fsp3) is 0.346. The number of aliphatic hydroxyl groups is 1. The zero-order valence-electron chi connectivity index (χ0n) is 17.9. The van der Waals surface area contributed by atoms with Gasteiger partial charge in [0, 0.05) is 23.3 Å². The summed E-state index contributed by atoms with van der Waals surface area (Å²) in [5.41, 5.74) is 2.80. The van der Waals surface area contributed by atoms with Gasteiger partial charge in [-0.15, -0.1) is 11.3 Å². The van der Waals surface area contributed by atoms with E-state index in [1.165, 1.54) is 17.0 Å². The van der Waals surface area contributed by atoms with Crippen LogP contribution in [0.2, 0.25) is 0 Å². The molecule has 1 aliphatic rings. The molecular weight excluding hydrogens is 409 g/mol. The summed E-state index contributed by atoms with van der Waals surface area (Å²) in [5.74, 6) is -0.109. The summed E-state index contributed by atoms with van der Waals surface area (Å²) in [7, 11) is 0. The predicted octanol–water partition coefficient (Wildman–Crippen LogP) is 5.95. The molecule has 2 heterocycles. The van der Waals surface area contributed by atoms with Crippen molar-refractivity contribution in [1.82, 2.24) is 4.90 Å². The molecule has 1 aliphatic heterocycles. The second kappa shape index (κ2) is 8.93. The number of nitrogens with zero attached hydrogens (tertiary/aromatic N) is 1. The number of hydrogen-bond donors (Lipinski definition) is 1. The molecule has 1 fully saturated rings. The van der Waals surface area contributed by atoms with Gasteiger partial charge in [-0.1, -0.05) is 42.5 Å². The van der Waals surface area contributed by atoms with E-state index in [9.17, 15) is 14.3 Å². The first-order valence-electron chi connectivity index (χ1n) is 10.8. The molecule has 0 bridgehead atoms. The van der Waals surface area contributed by atoms with Gasteiger partial charge in [-0.3, -0.25) is 4.79 Å². The second-order valence-electron chi connectivity index (χ2n) is 8.63. The highest BCUT2D eigenvalue weighted by Crippen LogP contribution is 2.44. The van der Waals surface area contributed by atoms with Crippen molar-refractivity contribution in [3.63, 3.8) is 0 Å². The third kappa shape index (κ3) is 4.58. The molecule has 1 amide bonds. The number of carbonyl (C=O) groups excluding carboxylic acids is 1.